The van der Waals surface area contributed by atoms with Crippen LogP contribution < -0.4 is 15.8 Å². The maximum atomic E-state index is 11.7. The lowest BCUT2D eigenvalue weighted by molar-refractivity contribution is 0.271. The zero-order chi connectivity index (χ0) is 14.0. The summed E-state index contributed by atoms with van der Waals surface area (Å²) < 4.78 is 23.3. The van der Waals surface area contributed by atoms with Crippen molar-refractivity contribution in [2.24, 2.45) is 5.14 Å². The Morgan fingerprint density at radius 3 is 2.37 bits per heavy atom. The quantitative estimate of drug-likeness (QED) is 0.766. The molecule has 7 heteroatoms. The zero-order valence-electron chi connectivity index (χ0n) is 11.0. The van der Waals surface area contributed by atoms with Gasteiger partial charge in [-0.3, -0.25) is 0 Å². The van der Waals surface area contributed by atoms with Gasteiger partial charge in [-0.1, -0.05) is 6.92 Å². The fourth-order valence-electron chi connectivity index (χ4n) is 2.32. The van der Waals surface area contributed by atoms with Crippen LogP contribution in [-0.4, -0.2) is 46.0 Å². The lowest BCUT2D eigenvalue weighted by atomic mass is 10.2. The van der Waals surface area contributed by atoms with E-state index < -0.39 is 10.0 Å². The number of hydrogen-bond acceptors (Lipinski definition) is 5. The van der Waals surface area contributed by atoms with Crippen molar-refractivity contribution in [3.8, 4) is 0 Å². The highest BCUT2D eigenvalue weighted by Crippen LogP contribution is 2.27. The molecule has 1 fully saturated rings. The number of nitrogens with zero attached hydrogens (tertiary/aromatic N) is 2. The van der Waals surface area contributed by atoms with Crippen LogP contribution in [0.1, 0.15) is 6.92 Å². The van der Waals surface area contributed by atoms with Gasteiger partial charge in [0.05, 0.1) is 5.69 Å². The molecule has 0 aromatic heterocycles. The molecule has 1 aliphatic rings. The fraction of sp³-hybridized carbons (Fsp3) is 0.500. The monoisotopic (exact) mass is 284 g/mol. The summed E-state index contributed by atoms with van der Waals surface area (Å²) in [6.07, 6.45) is 0. The molecule has 1 aromatic carbocycles. The van der Waals surface area contributed by atoms with E-state index in [1.807, 2.05) is 4.90 Å². The van der Waals surface area contributed by atoms with Gasteiger partial charge in [-0.15, -0.1) is 0 Å². The van der Waals surface area contributed by atoms with Crippen molar-refractivity contribution in [2.75, 3.05) is 43.4 Å². The van der Waals surface area contributed by atoms with E-state index in [0.717, 1.165) is 32.7 Å². The largest absolute Gasteiger partial charge is 0.399 e. The molecule has 2 rings (SSSR count). The van der Waals surface area contributed by atoms with Crippen molar-refractivity contribution in [3.63, 3.8) is 0 Å². The van der Waals surface area contributed by atoms with Gasteiger partial charge in [0.1, 0.15) is 4.90 Å². The Balaban J connectivity index is 2.31. The molecule has 0 radical (unpaired) electrons. The number of likely N-dealkylation sites (N-methyl/N-ethyl adjacent to an activating group) is 1. The van der Waals surface area contributed by atoms with Crippen molar-refractivity contribution in [2.45, 2.75) is 11.8 Å². The van der Waals surface area contributed by atoms with E-state index in [0.29, 0.717) is 11.4 Å². The number of hydrogen-bond donors (Lipinski definition) is 2. The minimum absolute atomic E-state index is 0.109. The molecule has 0 bridgehead atoms. The van der Waals surface area contributed by atoms with Crippen LogP contribution in [0.15, 0.2) is 23.1 Å². The van der Waals surface area contributed by atoms with Crippen LogP contribution in [0.3, 0.4) is 0 Å². The minimum Gasteiger partial charge on any atom is -0.399 e. The molecule has 0 unspecified atom stereocenters. The summed E-state index contributed by atoms with van der Waals surface area (Å²) >= 11 is 0. The Kier molecular flexibility index (Phi) is 3.98. The first-order valence-corrected chi connectivity index (χ1v) is 7.86. The summed E-state index contributed by atoms with van der Waals surface area (Å²) in [5, 5.41) is 5.27. The van der Waals surface area contributed by atoms with E-state index in [9.17, 15) is 8.42 Å². The minimum atomic E-state index is -3.76. The van der Waals surface area contributed by atoms with Gasteiger partial charge in [-0.25, -0.2) is 13.6 Å². The van der Waals surface area contributed by atoms with Gasteiger partial charge in [0.15, 0.2) is 0 Å². The Labute approximate surface area is 114 Å². The molecule has 0 saturated carbocycles. The summed E-state index contributed by atoms with van der Waals surface area (Å²) in [7, 11) is -3.76. The lowest BCUT2D eigenvalue weighted by Crippen LogP contribution is -2.46. The molecule has 1 aliphatic heterocycles. The Bertz CT molecular complexity index is 551. The highest BCUT2D eigenvalue weighted by Gasteiger charge is 2.22. The van der Waals surface area contributed by atoms with Crippen LogP contribution in [-0.2, 0) is 10.0 Å². The van der Waals surface area contributed by atoms with E-state index in [1.165, 1.54) is 6.07 Å². The molecular formula is C12H20N4O2S. The number of primary sulfonamides is 1. The average molecular weight is 284 g/mol. The van der Waals surface area contributed by atoms with Crippen molar-refractivity contribution >= 4 is 21.4 Å². The van der Waals surface area contributed by atoms with Gasteiger partial charge in [0.2, 0.25) is 10.0 Å². The predicted octanol–water partition coefficient (Wildman–Crippen LogP) is 0.0581. The summed E-state index contributed by atoms with van der Waals surface area (Å²) in [6, 6.07) is 4.86. The fourth-order valence-corrected chi connectivity index (χ4v) is 3.11. The van der Waals surface area contributed by atoms with Crippen LogP contribution in [0.2, 0.25) is 0 Å². The molecular weight excluding hydrogens is 264 g/mol. The molecule has 1 aromatic rings. The second kappa shape index (κ2) is 5.36. The van der Waals surface area contributed by atoms with E-state index in [1.54, 1.807) is 12.1 Å². The third-order valence-electron chi connectivity index (χ3n) is 3.45. The first kappa shape index (κ1) is 14.1. The first-order valence-electron chi connectivity index (χ1n) is 6.31. The van der Waals surface area contributed by atoms with E-state index in [2.05, 4.69) is 11.8 Å². The zero-order valence-corrected chi connectivity index (χ0v) is 11.9. The van der Waals surface area contributed by atoms with E-state index >= 15 is 0 Å². The molecule has 1 heterocycles. The van der Waals surface area contributed by atoms with Crippen LogP contribution in [0, 0.1) is 0 Å². The molecule has 4 N–H and O–H groups in total. The van der Waals surface area contributed by atoms with Crippen LogP contribution in [0.4, 0.5) is 11.4 Å². The summed E-state index contributed by atoms with van der Waals surface area (Å²) in [5.41, 5.74) is 6.70. The normalized spacial score (nSPS) is 17.7. The molecule has 0 atom stereocenters. The highest BCUT2D eigenvalue weighted by molar-refractivity contribution is 7.89. The number of anilines is 2. The van der Waals surface area contributed by atoms with Crippen LogP contribution >= 0.6 is 0 Å². The van der Waals surface area contributed by atoms with Crippen LogP contribution in [0.25, 0.3) is 0 Å². The Morgan fingerprint density at radius 2 is 1.84 bits per heavy atom. The topological polar surface area (TPSA) is 92.7 Å². The lowest BCUT2D eigenvalue weighted by Gasteiger charge is -2.36. The van der Waals surface area contributed by atoms with Gasteiger partial charge in [-0.2, -0.15) is 0 Å². The Hall–Kier alpha value is -1.31. The third-order valence-corrected chi connectivity index (χ3v) is 4.39. The number of nitrogens with two attached hydrogens (primary N) is 2. The van der Waals surface area contributed by atoms with Gasteiger partial charge < -0.3 is 15.5 Å². The SMILES string of the molecule is CCN1CCN(c2ccc(N)cc2S(N)(=O)=O)CC1. The molecule has 106 valence electrons. The number of benzene rings is 1. The number of nitrogen functional groups attached to an aromatic ring is 1. The second-order valence-corrected chi connectivity index (χ2v) is 6.22. The average Bonchev–Trinajstić information content (AvgIpc) is 2.38. The van der Waals surface area contributed by atoms with Gasteiger partial charge in [-0.05, 0) is 24.7 Å². The van der Waals surface area contributed by atoms with Gasteiger partial charge in [0, 0.05) is 31.9 Å². The summed E-state index contributed by atoms with van der Waals surface area (Å²) in [5.74, 6) is 0. The second-order valence-electron chi connectivity index (χ2n) is 4.69. The van der Waals surface area contributed by atoms with Gasteiger partial charge >= 0.3 is 0 Å². The van der Waals surface area contributed by atoms with Crippen molar-refractivity contribution in [1.82, 2.24) is 4.90 Å². The first-order chi connectivity index (χ1) is 8.91. The van der Waals surface area contributed by atoms with Gasteiger partial charge in [0.25, 0.3) is 0 Å². The van der Waals surface area contributed by atoms with Crippen molar-refractivity contribution in [1.29, 1.82) is 0 Å². The third kappa shape index (κ3) is 3.17. The molecule has 0 amide bonds. The maximum Gasteiger partial charge on any atom is 0.240 e. The van der Waals surface area contributed by atoms with Crippen LogP contribution in [0.5, 0.6) is 0 Å². The molecule has 0 aliphatic carbocycles. The molecule has 1 saturated heterocycles. The number of sulfonamides is 1. The van der Waals surface area contributed by atoms with E-state index in [4.69, 9.17) is 10.9 Å². The Morgan fingerprint density at radius 1 is 1.21 bits per heavy atom. The predicted molar refractivity (Wildman–Crippen MR) is 76.6 cm³/mol. The van der Waals surface area contributed by atoms with Crippen molar-refractivity contribution < 1.29 is 8.42 Å². The highest BCUT2D eigenvalue weighted by atomic mass is 32.2. The standard InChI is InChI=1S/C12H20N4O2S/c1-2-15-5-7-16(8-6-15)11-4-3-10(13)9-12(11)19(14,17)18/h3-4,9H,2,5-8,13H2,1H3,(H2,14,17,18). The smallest absolute Gasteiger partial charge is 0.240 e. The number of rotatable bonds is 3. The van der Waals surface area contributed by atoms with E-state index in [-0.39, 0.29) is 4.90 Å². The number of piperazine rings is 1. The molecule has 19 heavy (non-hydrogen) atoms. The molecule has 6 nitrogen and oxygen atoms in total. The molecule has 0 spiro atoms. The van der Waals surface area contributed by atoms with Crippen molar-refractivity contribution in [3.05, 3.63) is 18.2 Å². The summed E-state index contributed by atoms with van der Waals surface area (Å²) in [6.45, 7) is 6.56. The summed E-state index contributed by atoms with van der Waals surface area (Å²) in [4.78, 5) is 4.48. The maximum absolute atomic E-state index is 11.7.